The second kappa shape index (κ2) is 8.74. The van der Waals surface area contributed by atoms with E-state index in [9.17, 15) is 9.59 Å². The number of carboxylic acid groups (broad SMARTS) is 1. The fraction of sp³-hybridized carbons (Fsp3) is 0.846. The molecule has 0 spiro atoms. The van der Waals surface area contributed by atoms with Crippen LogP contribution in [0, 0.1) is 0 Å². The molecule has 6 heteroatoms. The van der Waals surface area contributed by atoms with Crippen molar-refractivity contribution in [3.63, 3.8) is 0 Å². The van der Waals surface area contributed by atoms with E-state index in [0.29, 0.717) is 19.5 Å². The topological polar surface area (TPSA) is 81.1 Å². The van der Waals surface area contributed by atoms with E-state index in [2.05, 4.69) is 0 Å². The fourth-order valence-electron chi connectivity index (χ4n) is 1.82. The standard InChI is InChI=1S/C13H26N2O4/c1-10(2)14(7-5-6-12(17)18)13(19)15(8-9-16)11(3)4/h10-11,16H,5-9H2,1-4H3,(H,17,18). The van der Waals surface area contributed by atoms with Crippen molar-refractivity contribution in [3.8, 4) is 0 Å². The molecule has 0 aliphatic rings. The van der Waals surface area contributed by atoms with E-state index in [4.69, 9.17) is 10.2 Å². The molecule has 0 aliphatic carbocycles. The van der Waals surface area contributed by atoms with Crippen LogP contribution in [0.2, 0.25) is 0 Å². The third kappa shape index (κ3) is 6.42. The molecule has 0 rings (SSSR count). The summed E-state index contributed by atoms with van der Waals surface area (Å²) in [6.45, 7) is 8.21. The predicted octanol–water partition coefficient (Wildman–Crippen LogP) is 1.38. The number of rotatable bonds is 8. The smallest absolute Gasteiger partial charge is 0.320 e. The van der Waals surface area contributed by atoms with Gasteiger partial charge in [-0.2, -0.15) is 0 Å². The number of amides is 2. The van der Waals surface area contributed by atoms with Gasteiger partial charge in [-0.1, -0.05) is 0 Å². The quantitative estimate of drug-likeness (QED) is 0.700. The zero-order valence-corrected chi connectivity index (χ0v) is 12.3. The molecule has 0 radical (unpaired) electrons. The Morgan fingerprint density at radius 1 is 1.00 bits per heavy atom. The predicted molar refractivity (Wildman–Crippen MR) is 73.0 cm³/mol. The van der Waals surface area contributed by atoms with Crippen molar-refractivity contribution in [1.29, 1.82) is 0 Å². The molecule has 0 heterocycles. The highest BCUT2D eigenvalue weighted by molar-refractivity contribution is 5.75. The number of carbonyl (C=O) groups is 2. The average molecular weight is 274 g/mol. The fourth-order valence-corrected chi connectivity index (χ4v) is 1.82. The minimum atomic E-state index is -0.854. The van der Waals surface area contributed by atoms with Crippen LogP contribution >= 0.6 is 0 Å². The second-order valence-corrected chi connectivity index (χ2v) is 5.08. The normalized spacial score (nSPS) is 10.9. The zero-order valence-electron chi connectivity index (χ0n) is 12.3. The first-order valence-corrected chi connectivity index (χ1v) is 6.71. The lowest BCUT2D eigenvalue weighted by atomic mass is 10.2. The zero-order chi connectivity index (χ0) is 15.0. The van der Waals surface area contributed by atoms with Crippen LogP contribution in [-0.4, -0.2) is 63.8 Å². The SMILES string of the molecule is CC(C)N(CCO)C(=O)N(CCCC(=O)O)C(C)C. The van der Waals surface area contributed by atoms with Gasteiger partial charge in [-0.05, 0) is 34.1 Å². The van der Waals surface area contributed by atoms with Crippen molar-refractivity contribution in [1.82, 2.24) is 9.80 Å². The van der Waals surface area contributed by atoms with Crippen LogP contribution in [0.3, 0.4) is 0 Å². The molecular formula is C13H26N2O4. The van der Waals surface area contributed by atoms with E-state index >= 15 is 0 Å². The van der Waals surface area contributed by atoms with E-state index in [1.807, 2.05) is 27.7 Å². The molecule has 0 saturated carbocycles. The van der Waals surface area contributed by atoms with Gasteiger partial charge in [0.05, 0.1) is 6.61 Å². The monoisotopic (exact) mass is 274 g/mol. The van der Waals surface area contributed by atoms with Crippen molar-refractivity contribution in [3.05, 3.63) is 0 Å². The first-order chi connectivity index (χ1) is 8.81. The molecule has 0 bridgehead atoms. The molecule has 0 atom stereocenters. The van der Waals surface area contributed by atoms with Gasteiger partial charge in [-0.25, -0.2) is 4.79 Å². The summed E-state index contributed by atoms with van der Waals surface area (Å²) in [5, 5.41) is 17.7. The van der Waals surface area contributed by atoms with Crippen molar-refractivity contribution < 1.29 is 19.8 Å². The number of carbonyl (C=O) groups excluding carboxylic acids is 1. The largest absolute Gasteiger partial charge is 0.481 e. The van der Waals surface area contributed by atoms with Gasteiger partial charge >= 0.3 is 12.0 Å². The maximum atomic E-state index is 12.4. The molecule has 19 heavy (non-hydrogen) atoms. The number of aliphatic hydroxyl groups excluding tert-OH is 1. The third-order valence-electron chi connectivity index (χ3n) is 2.87. The van der Waals surface area contributed by atoms with Crippen LogP contribution in [0.1, 0.15) is 40.5 Å². The summed E-state index contributed by atoms with van der Waals surface area (Å²) in [6.07, 6.45) is 0.489. The van der Waals surface area contributed by atoms with Gasteiger partial charge in [-0.3, -0.25) is 4.79 Å². The van der Waals surface area contributed by atoms with Crippen molar-refractivity contribution >= 4 is 12.0 Å². The van der Waals surface area contributed by atoms with Gasteiger partial charge in [0.1, 0.15) is 0 Å². The summed E-state index contributed by atoms with van der Waals surface area (Å²) in [6, 6.07) is -0.147. The molecule has 0 aromatic heterocycles. The first-order valence-electron chi connectivity index (χ1n) is 6.71. The summed E-state index contributed by atoms with van der Waals surface area (Å²) in [7, 11) is 0. The van der Waals surface area contributed by atoms with Crippen molar-refractivity contribution in [2.75, 3.05) is 19.7 Å². The lowest BCUT2D eigenvalue weighted by Gasteiger charge is -2.35. The van der Waals surface area contributed by atoms with E-state index in [1.54, 1.807) is 9.80 Å². The Morgan fingerprint density at radius 3 is 1.84 bits per heavy atom. The Bertz CT molecular complexity index is 292. The van der Waals surface area contributed by atoms with E-state index in [1.165, 1.54) is 0 Å². The maximum Gasteiger partial charge on any atom is 0.320 e. The molecule has 0 saturated heterocycles. The van der Waals surface area contributed by atoms with Gasteiger partial charge in [0, 0.05) is 31.6 Å². The molecule has 0 aromatic carbocycles. The summed E-state index contributed by atoms with van der Waals surface area (Å²) in [5.41, 5.74) is 0. The molecule has 2 amide bonds. The lowest BCUT2D eigenvalue weighted by Crippen LogP contribution is -2.50. The number of aliphatic hydroxyl groups is 1. The highest BCUT2D eigenvalue weighted by atomic mass is 16.4. The molecule has 0 aromatic rings. The Balaban J connectivity index is 4.66. The lowest BCUT2D eigenvalue weighted by molar-refractivity contribution is -0.137. The Labute approximate surface area is 115 Å². The van der Waals surface area contributed by atoms with E-state index in [0.717, 1.165) is 0 Å². The minimum Gasteiger partial charge on any atom is -0.481 e. The highest BCUT2D eigenvalue weighted by Crippen LogP contribution is 2.10. The summed E-state index contributed by atoms with van der Waals surface area (Å²) in [5.74, 6) is -0.854. The van der Waals surface area contributed by atoms with Gasteiger partial charge in [0.15, 0.2) is 0 Å². The summed E-state index contributed by atoms with van der Waals surface area (Å²) < 4.78 is 0. The molecule has 0 unspecified atom stereocenters. The van der Waals surface area contributed by atoms with Crippen LogP contribution in [0.25, 0.3) is 0 Å². The first kappa shape index (κ1) is 17.7. The maximum absolute atomic E-state index is 12.4. The molecule has 0 aliphatic heterocycles. The van der Waals surface area contributed by atoms with Gasteiger partial charge < -0.3 is 20.0 Å². The van der Waals surface area contributed by atoms with Crippen LogP contribution < -0.4 is 0 Å². The number of nitrogens with zero attached hydrogens (tertiary/aromatic N) is 2. The van der Waals surface area contributed by atoms with Crippen LogP contribution in [-0.2, 0) is 4.79 Å². The van der Waals surface area contributed by atoms with Gasteiger partial charge in [0.25, 0.3) is 0 Å². The third-order valence-corrected chi connectivity index (χ3v) is 2.87. The van der Waals surface area contributed by atoms with Crippen molar-refractivity contribution in [2.45, 2.75) is 52.6 Å². The van der Waals surface area contributed by atoms with Crippen LogP contribution in [0.15, 0.2) is 0 Å². The van der Waals surface area contributed by atoms with Crippen molar-refractivity contribution in [2.24, 2.45) is 0 Å². The number of aliphatic carboxylic acids is 1. The summed E-state index contributed by atoms with van der Waals surface area (Å²) >= 11 is 0. The molecule has 2 N–H and O–H groups in total. The molecular weight excluding hydrogens is 248 g/mol. The summed E-state index contributed by atoms with van der Waals surface area (Å²) in [4.78, 5) is 26.2. The average Bonchev–Trinajstić information content (AvgIpc) is 2.29. The van der Waals surface area contributed by atoms with Gasteiger partial charge in [0.2, 0.25) is 0 Å². The Hall–Kier alpha value is -1.30. The Kier molecular flexibility index (Phi) is 8.14. The second-order valence-electron chi connectivity index (χ2n) is 5.08. The van der Waals surface area contributed by atoms with Crippen LogP contribution in [0.5, 0.6) is 0 Å². The molecule has 0 fully saturated rings. The van der Waals surface area contributed by atoms with E-state index in [-0.39, 0.29) is 31.1 Å². The number of hydrogen-bond donors (Lipinski definition) is 2. The molecule has 112 valence electrons. The van der Waals surface area contributed by atoms with Crippen LogP contribution in [0.4, 0.5) is 4.79 Å². The highest BCUT2D eigenvalue weighted by Gasteiger charge is 2.24. The van der Waals surface area contributed by atoms with E-state index < -0.39 is 5.97 Å². The number of hydrogen-bond acceptors (Lipinski definition) is 3. The minimum absolute atomic E-state index is 0.000346. The number of carboxylic acids is 1. The van der Waals surface area contributed by atoms with Gasteiger partial charge in [-0.15, -0.1) is 0 Å². The molecule has 6 nitrogen and oxygen atoms in total. The Morgan fingerprint density at radius 2 is 1.47 bits per heavy atom. The number of urea groups is 1.